The fourth-order valence-corrected chi connectivity index (χ4v) is 1.81. The maximum absolute atomic E-state index is 12.7. The average Bonchev–Trinajstić information content (AvgIpc) is 2.96. The largest absolute Gasteiger partial charge is 0.416 e. The average molecular weight is 349 g/mol. The van der Waals surface area contributed by atoms with E-state index < -0.39 is 11.7 Å². The monoisotopic (exact) mass is 348 g/mol. The van der Waals surface area contributed by atoms with Gasteiger partial charge in [0.25, 0.3) is 5.91 Å². The quantitative estimate of drug-likeness (QED) is 0.815. The van der Waals surface area contributed by atoms with Gasteiger partial charge in [0.1, 0.15) is 0 Å². The van der Waals surface area contributed by atoms with Gasteiger partial charge in [0.2, 0.25) is 0 Å². The minimum absolute atomic E-state index is 0. The van der Waals surface area contributed by atoms with E-state index in [0.717, 1.165) is 12.1 Å². The van der Waals surface area contributed by atoms with Gasteiger partial charge in [0.05, 0.1) is 11.3 Å². The number of alkyl halides is 3. The van der Waals surface area contributed by atoms with Gasteiger partial charge in [-0.3, -0.25) is 4.79 Å². The summed E-state index contributed by atoms with van der Waals surface area (Å²) in [5.41, 5.74) is 4.92. The number of amides is 1. The molecule has 0 aliphatic heterocycles. The third-order valence-corrected chi connectivity index (χ3v) is 2.93. The van der Waals surface area contributed by atoms with Crippen molar-refractivity contribution in [3.8, 4) is 5.69 Å². The van der Waals surface area contributed by atoms with E-state index in [1.807, 2.05) is 0 Å². The second-order valence-corrected chi connectivity index (χ2v) is 4.59. The zero-order valence-electron chi connectivity index (χ0n) is 12.0. The summed E-state index contributed by atoms with van der Waals surface area (Å²) in [6, 6.07) is 6.17. The molecule has 1 amide bonds. The Kier molecular flexibility index (Phi) is 6.59. The predicted molar refractivity (Wildman–Crippen MR) is 81.8 cm³/mol. The summed E-state index contributed by atoms with van der Waals surface area (Å²) in [5.74, 6) is -0.390. The zero-order valence-corrected chi connectivity index (χ0v) is 12.8. The third kappa shape index (κ3) is 4.97. The molecule has 2 rings (SSSR count). The van der Waals surface area contributed by atoms with Gasteiger partial charge in [-0.05, 0) is 37.2 Å². The molecule has 0 unspecified atom stereocenters. The Morgan fingerprint density at radius 1 is 1.30 bits per heavy atom. The van der Waals surface area contributed by atoms with Gasteiger partial charge >= 0.3 is 6.18 Å². The second-order valence-electron chi connectivity index (χ2n) is 4.59. The fourth-order valence-electron chi connectivity index (χ4n) is 1.81. The molecule has 1 aromatic carbocycles. The number of aromatic nitrogens is 2. The Morgan fingerprint density at radius 2 is 2.04 bits per heavy atom. The van der Waals surface area contributed by atoms with Gasteiger partial charge < -0.3 is 11.1 Å². The van der Waals surface area contributed by atoms with E-state index in [1.54, 1.807) is 0 Å². The van der Waals surface area contributed by atoms with E-state index >= 15 is 0 Å². The Balaban J connectivity index is 0.00000264. The van der Waals surface area contributed by atoms with Crippen molar-refractivity contribution in [3.05, 3.63) is 47.8 Å². The van der Waals surface area contributed by atoms with Crippen molar-refractivity contribution in [2.45, 2.75) is 12.6 Å². The first kappa shape index (κ1) is 19.0. The summed E-state index contributed by atoms with van der Waals surface area (Å²) in [6.07, 6.45) is -2.35. The molecule has 5 nitrogen and oxygen atoms in total. The van der Waals surface area contributed by atoms with Gasteiger partial charge in [-0.1, -0.05) is 6.07 Å². The fraction of sp³-hybridized carbons (Fsp3) is 0.286. The molecular formula is C14H16ClF3N4O. The molecule has 0 saturated heterocycles. The van der Waals surface area contributed by atoms with E-state index in [1.165, 1.54) is 29.1 Å². The molecule has 0 saturated carbocycles. The highest BCUT2D eigenvalue weighted by Crippen LogP contribution is 2.30. The minimum atomic E-state index is -4.43. The van der Waals surface area contributed by atoms with Crippen LogP contribution in [0.1, 0.15) is 22.5 Å². The molecule has 9 heteroatoms. The molecule has 0 aliphatic rings. The van der Waals surface area contributed by atoms with Crippen molar-refractivity contribution in [1.82, 2.24) is 15.1 Å². The van der Waals surface area contributed by atoms with Crippen LogP contribution in [-0.4, -0.2) is 28.8 Å². The first-order valence-corrected chi connectivity index (χ1v) is 6.63. The lowest BCUT2D eigenvalue weighted by molar-refractivity contribution is -0.137. The van der Waals surface area contributed by atoms with Crippen molar-refractivity contribution in [3.63, 3.8) is 0 Å². The van der Waals surface area contributed by atoms with Crippen LogP contribution >= 0.6 is 12.4 Å². The van der Waals surface area contributed by atoms with E-state index in [0.29, 0.717) is 19.5 Å². The van der Waals surface area contributed by atoms with Crippen molar-refractivity contribution in [2.75, 3.05) is 13.1 Å². The Labute approximate surface area is 137 Å². The van der Waals surface area contributed by atoms with Crippen LogP contribution in [0.15, 0.2) is 36.5 Å². The highest BCUT2D eigenvalue weighted by Gasteiger charge is 2.30. The molecule has 0 fully saturated rings. The molecule has 1 aromatic heterocycles. The molecule has 0 bridgehead atoms. The van der Waals surface area contributed by atoms with Crippen LogP contribution in [0, 0.1) is 0 Å². The van der Waals surface area contributed by atoms with Gasteiger partial charge in [0.15, 0.2) is 5.69 Å². The number of nitrogens with two attached hydrogens (primary N) is 1. The molecule has 126 valence electrons. The summed E-state index contributed by atoms with van der Waals surface area (Å²) in [4.78, 5) is 11.8. The second kappa shape index (κ2) is 7.98. The maximum atomic E-state index is 12.7. The number of hydrogen-bond acceptors (Lipinski definition) is 3. The van der Waals surface area contributed by atoms with Crippen molar-refractivity contribution in [1.29, 1.82) is 0 Å². The molecule has 0 radical (unpaired) electrons. The first-order valence-electron chi connectivity index (χ1n) is 6.63. The molecule has 23 heavy (non-hydrogen) atoms. The summed E-state index contributed by atoms with van der Waals surface area (Å²) >= 11 is 0. The zero-order chi connectivity index (χ0) is 16.2. The van der Waals surface area contributed by atoms with Crippen LogP contribution in [0.2, 0.25) is 0 Å². The maximum Gasteiger partial charge on any atom is 0.416 e. The van der Waals surface area contributed by atoms with E-state index in [9.17, 15) is 18.0 Å². The topological polar surface area (TPSA) is 72.9 Å². The van der Waals surface area contributed by atoms with Crippen molar-refractivity contribution < 1.29 is 18.0 Å². The summed E-state index contributed by atoms with van der Waals surface area (Å²) in [7, 11) is 0. The van der Waals surface area contributed by atoms with Gasteiger partial charge in [-0.2, -0.15) is 18.3 Å². The van der Waals surface area contributed by atoms with Crippen molar-refractivity contribution in [2.24, 2.45) is 5.73 Å². The molecule has 1 heterocycles. The predicted octanol–water partition coefficient (Wildman–Crippen LogP) is 2.39. The molecule has 0 spiro atoms. The Hall–Kier alpha value is -2.06. The SMILES string of the molecule is Cl.NCCCNC(=O)c1ccn(-c2cccc(C(F)(F)F)c2)n1. The number of carbonyl (C=O) groups is 1. The lowest BCUT2D eigenvalue weighted by Crippen LogP contribution is -2.26. The van der Waals surface area contributed by atoms with E-state index in [2.05, 4.69) is 10.4 Å². The highest BCUT2D eigenvalue weighted by molar-refractivity contribution is 5.92. The van der Waals surface area contributed by atoms with Gasteiger partial charge in [-0.15, -0.1) is 12.4 Å². The van der Waals surface area contributed by atoms with E-state index in [4.69, 9.17) is 5.73 Å². The molecule has 2 aromatic rings. The molecule has 0 aliphatic carbocycles. The lowest BCUT2D eigenvalue weighted by atomic mass is 10.2. The summed E-state index contributed by atoms with van der Waals surface area (Å²) < 4.78 is 39.3. The smallest absolute Gasteiger partial charge is 0.351 e. The number of hydrogen-bond donors (Lipinski definition) is 2. The van der Waals surface area contributed by atoms with Crippen LogP contribution in [0.3, 0.4) is 0 Å². The minimum Gasteiger partial charge on any atom is -0.351 e. The normalized spacial score (nSPS) is 11.0. The van der Waals surface area contributed by atoms with Gasteiger partial charge in [-0.25, -0.2) is 4.68 Å². The Bertz CT molecular complexity index is 657. The van der Waals surface area contributed by atoms with E-state index in [-0.39, 0.29) is 29.7 Å². The number of carbonyl (C=O) groups excluding carboxylic acids is 1. The van der Waals surface area contributed by atoms with Crippen LogP contribution in [-0.2, 0) is 6.18 Å². The number of benzene rings is 1. The highest BCUT2D eigenvalue weighted by atomic mass is 35.5. The number of halogens is 4. The molecule has 0 atom stereocenters. The van der Waals surface area contributed by atoms with Crippen LogP contribution < -0.4 is 11.1 Å². The summed E-state index contributed by atoms with van der Waals surface area (Å²) in [5, 5.41) is 6.61. The number of nitrogens with zero attached hydrogens (tertiary/aromatic N) is 2. The number of rotatable bonds is 5. The van der Waals surface area contributed by atoms with Gasteiger partial charge in [0, 0.05) is 12.7 Å². The van der Waals surface area contributed by atoms with Crippen LogP contribution in [0.5, 0.6) is 0 Å². The lowest BCUT2D eigenvalue weighted by Gasteiger charge is -2.08. The summed E-state index contributed by atoms with van der Waals surface area (Å²) in [6.45, 7) is 0.880. The molecular weight excluding hydrogens is 333 g/mol. The van der Waals surface area contributed by atoms with Crippen LogP contribution in [0.25, 0.3) is 5.69 Å². The van der Waals surface area contributed by atoms with Crippen LogP contribution in [0.4, 0.5) is 13.2 Å². The third-order valence-electron chi connectivity index (χ3n) is 2.93. The first-order chi connectivity index (χ1) is 10.4. The standard InChI is InChI=1S/C14H15F3N4O.ClH/c15-14(16,17)10-3-1-4-11(9-10)21-8-5-12(20-21)13(22)19-7-2-6-18;/h1,3-5,8-9H,2,6-7,18H2,(H,19,22);1H. The Morgan fingerprint density at radius 3 is 2.70 bits per heavy atom. The number of nitrogens with one attached hydrogen (secondary N) is 1. The van der Waals surface area contributed by atoms with Crippen molar-refractivity contribution >= 4 is 18.3 Å². The molecule has 3 N–H and O–H groups in total.